The normalized spacial score (nSPS) is 10.8. The van der Waals surface area contributed by atoms with Gasteiger partial charge >= 0.3 is 0 Å². The fraction of sp³-hybridized carbons (Fsp3) is 0.167. The highest BCUT2D eigenvalue weighted by Gasteiger charge is 2.06. The van der Waals surface area contributed by atoms with Gasteiger partial charge in [0.1, 0.15) is 0 Å². The quantitative estimate of drug-likeness (QED) is 0.719. The van der Waals surface area contributed by atoms with Crippen LogP contribution in [-0.2, 0) is 11.3 Å². The molecule has 0 aliphatic carbocycles. The van der Waals surface area contributed by atoms with E-state index in [1.54, 1.807) is 0 Å². The standard InChI is InChI=1S/C18H17BrN2O/c1-13-6-7-15(12-16(13)19)20-18(22)9-11-21-10-8-14-4-2-3-5-17(14)21/h2-8,10,12H,9,11H2,1H3,(H,20,22). The van der Waals surface area contributed by atoms with Crippen LogP contribution < -0.4 is 5.32 Å². The third-order valence-electron chi connectivity index (χ3n) is 3.72. The van der Waals surface area contributed by atoms with Crippen molar-refractivity contribution in [3.05, 3.63) is 64.8 Å². The molecule has 0 aliphatic rings. The molecule has 1 heterocycles. The fourth-order valence-electron chi connectivity index (χ4n) is 2.45. The van der Waals surface area contributed by atoms with E-state index in [0.717, 1.165) is 21.2 Å². The van der Waals surface area contributed by atoms with Crippen LogP contribution in [0.4, 0.5) is 5.69 Å². The molecular weight excluding hydrogens is 340 g/mol. The summed E-state index contributed by atoms with van der Waals surface area (Å²) in [5.41, 5.74) is 3.13. The van der Waals surface area contributed by atoms with Crippen molar-refractivity contribution in [3.8, 4) is 0 Å². The summed E-state index contributed by atoms with van der Waals surface area (Å²) in [5, 5.41) is 4.14. The van der Waals surface area contributed by atoms with E-state index >= 15 is 0 Å². The number of anilines is 1. The molecule has 0 spiro atoms. The highest BCUT2D eigenvalue weighted by Crippen LogP contribution is 2.21. The summed E-state index contributed by atoms with van der Waals surface area (Å²) in [5.74, 6) is 0.0218. The molecule has 3 rings (SSSR count). The Kier molecular flexibility index (Phi) is 4.29. The van der Waals surface area contributed by atoms with Crippen molar-refractivity contribution in [1.29, 1.82) is 0 Å². The summed E-state index contributed by atoms with van der Waals surface area (Å²) in [6, 6.07) is 16.1. The van der Waals surface area contributed by atoms with Gasteiger partial charge in [0.05, 0.1) is 0 Å². The summed E-state index contributed by atoms with van der Waals surface area (Å²) in [6.07, 6.45) is 2.48. The predicted octanol–water partition coefficient (Wildman–Crippen LogP) is 4.74. The first-order valence-corrected chi connectivity index (χ1v) is 8.03. The number of carbonyl (C=O) groups is 1. The number of rotatable bonds is 4. The summed E-state index contributed by atoms with van der Waals surface area (Å²) in [4.78, 5) is 12.1. The second kappa shape index (κ2) is 6.36. The average molecular weight is 357 g/mol. The number of carbonyl (C=O) groups excluding carboxylic acids is 1. The first-order chi connectivity index (χ1) is 10.6. The summed E-state index contributed by atoms with van der Waals surface area (Å²) < 4.78 is 3.11. The Morgan fingerprint density at radius 1 is 1.18 bits per heavy atom. The van der Waals surface area contributed by atoms with E-state index in [1.807, 2.05) is 43.5 Å². The van der Waals surface area contributed by atoms with Gasteiger partial charge in [-0.2, -0.15) is 0 Å². The Bertz CT molecular complexity index is 823. The van der Waals surface area contributed by atoms with E-state index in [2.05, 4.69) is 44.0 Å². The number of amides is 1. The maximum absolute atomic E-state index is 12.1. The van der Waals surface area contributed by atoms with Crippen LogP contribution in [0.3, 0.4) is 0 Å². The first-order valence-electron chi connectivity index (χ1n) is 7.23. The third kappa shape index (κ3) is 3.22. The van der Waals surface area contributed by atoms with E-state index in [4.69, 9.17) is 0 Å². The number of halogens is 1. The number of benzene rings is 2. The second-order valence-electron chi connectivity index (χ2n) is 5.33. The van der Waals surface area contributed by atoms with Gasteiger partial charge < -0.3 is 9.88 Å². The van der Waals surface area contributed by atoms with Crippen LogP contribution in [0.1, 0.15) is 12.0 Å². The Morgan fingerprint density at radius 2 is 2.00 bits per heavy atom. The molecule has 0 saturated carbocycles. The van der Waals surface area contributed by atoms with Crippen molar-refractivity contribution < 1.29 is 4.79 Å². The number of fused-ring (bicyclic) bond motifs is 1. The van der Waals surface area contributed by atoms with E-state index in [9.17, 15) is 4.79 Å². The molecule has 22 heavy (non-hydrogen) atoms. The van der Waals surface area contributed by atoms with Crippen molar-refractivity contribution in [2.75, 3.05) is 5.32 Å². The molecule has 4 heteroatoms. The largest absolute Gasteiger partial charge is 0.347 e. The SMILES string of the molecule is Cc1ccc(NC(=O)CCn2ccc3ccccc32)cc1Br. The Balaban J connectivity index is 1.63. The monoisotopic (exact) mass is 356 g/mol. The van der Waals surface area contributed by atoms with E-state index in [-0.39, 0.29) is 5.91 Å². The average Bonchev–Trinajstić information content (AvgIpc) is 2.92. The third-order valence-corrected chi connectivity index (χ3v) is 4.57. The van der Waals surface area contributed by atoms with E-state index in [0.29, 0.717) is 13.0 Å². The highest BCUT2D eigenvalue weighted by molar-refractivity contribution is 9.10. The van der Waals surface area contributed by atoms with Crippen LogP contribution >= 0.6 is 15.9 Å². The molecular formula is C18H17BrN2O. The van der Waals surface area contributed by atoms with E-state index < -0.39 is 0 Å². The van der Waals surface area contributed by atoms with Gasteiger partial charge in [-0.25, -0.2) is 0 Å². The zero-order valence-corrected chi connectivity index (χ0v) is 13.9. The lowest BCUT2D eigenvalue weighted by atomic mass is 10.2. The fourth-order valence-corrected chi connectivity index (χ4v) is 2.83. The van der Waals surface area contributed by atoms with Gasteiger partial charge in [0.25, 0.3) is 0 Å². The number of nitrogens with one attached hydrogen (secondary N) is 1. The molecule has 112 valence electrons. The minimum atomic E-state index is 0.0218. The molecule has 3 nitrogen and oxygen atoms in total. The lowest BCUT2D eigenvalue weighted by Gasteiger charge is -2.08. The van der Waals surface area contributed by atoms with Gasteiger partial charge in [-0.15, -0.1) is 0 Å². The van der Waals surface area contributed by atoms with Crippen LogP contribution in [0.5, 0.6) is 0 Å². The van der Waals surface area contributed by atoms with Crippen molar-refractivity contribution >= 4 is 38.4 Å². The molecule has 0 unspecified atom stereocenters. The highest BCUT2D eigenvalue weighted by atomic mass is 79.9. The second-order valence-corrected chi connectivity index (χ2v) is 6.18. The Labute approximate surface area is 138 Å². The minimum Gasteiger partial charge on any atom is -0.347 e. The van der Waals surface area contributed by atoms with Crippen LogP contribution in [-0.4, -0.2) is 10.5 Å². The minimum absolute atomic E-state index is 0.0218. The van der Waals surface area contributed by atoms with Crippen molar-refractivity contribution in [2.24, 2.45) is 0 Å². The topological polar surface area (TPSA) is 34.0 Å². The van der Waals surface area contributed by atoms with Crippen LogP contribution in [0, 0.1) is 6.92 Å². The molecule has 3 aromatic rings. The molecule has 1 amide bonds. The van der Waals surface area contributed by atoms with Crippen molar-refractivity contribution in [2.45, 2.75) is 19.9 Å². The molecule has 0 aliphatic heterocycles. The molecule has 1 aromatic heterocycles. The molecule has 0 bridgehead atoms. The Morgan fingerprint density at radius 3 is 2.82 bits per heavy atom. The smallest absolute Gasteiger partial charge is 0.226 e. The number of hydrogen-bond acceptors (Lipinski definition) is 1. The molecule has 0 fully saturated rings. The summed E-state index contributed by atoms with van der Waals surface area (Å²) in [6.45, 7) is 2.69. The lowest BCUT2D eigenvalue weighted by Crippen LogP contribution is -2.14. The summed E-state index contributed by atoms with van der Waals surface area (Å²) in [7, 11) is 0. The number of hydrogen-bond donors (Lipinski definition) is 1. The zero-order chi connectivity index (χ0) is 15.5. The van der Waals surface area contributed by atoms with Gasteiger partial charge in [-0.1, -0.05) is 40.2 Å². The molecule has 0 radical (unpaired) electrons. The number of aryl methyl sites for hydroxylation is 2. The van der Waals surface area contributed by atoms with Crippen molar-refractivity contribution in [3.63, 3.8) is 0 Å². The molecule has 1 N–H and O–H groups in total. The predicted molar refractivity (Wildman–Crippen MR) is 94.1 cm³/mol. The van der Waals surface area contributed by atoms with Gasteiger partial charge in [0, 0.05) is 34.8 Å². The van der Waals surface area contributed by atoms with Gasteiger partial charge in [-0.3, -0.25) is 4.79 Å². The lowest BCUT2D eigenvalue weighted by molar-refractivity contribution is -0.116. The first kappa shape index (κ1) is 14.9. The van der Waals surface area contributed by atoms with Crippen molar-refractivity contribution in [1.82, 2.24) is 4.57 Å². The number of para-hydroxylation sites is 1. The van der Waals surface area contributed by atoms with Gasteiger partial charge in [0.2, 0.25) is 5.91 Å². The van der Waals surface area contributed by atoms with Gasteiger partial charge in [-0.05, 0) is 42.1 Å². The Hall–Kier alpha value is -2.07. The maximum atomic E-state index is 12.1. The van der Waals surface area contributed by atoms with Crippen LogP contribution in [0.15, 0.2) is 59.2 Å². The van der Waals surface area contributed by atoms with E-state index in [1.165, 1.54) is 5.39 Å². The maximum Gasteiger partial charge on any atom is 0.226 e. The number of nitrogens with zero attached hydrogens (tertiary/aromatic N) is 1. The van der Waals surface area contributed by atoms with Crippen LogP contribution in [0.25, 0.3) is 10.9 Å². The van der Waals surface area contributed by atoms with Crippen LogP contribution in [0.2, 0.25) is 0 Å². The van der Waals surface area contributed by atoms with Gasteiger partial charge in [0.15, 0.2) is 0 Å². The zero-order valence-electron chi connectivity index (χ0n) is 12.3. The molecule has 0 atom stereocenters. The molecule has 0 saturated heterocycles. The molecule has 2 aromatic carbocycles. The summed E-state index contributed by atoms with van der Waals surface area (Å²) >= 11 is 3.48. The number of aromatic nitrogens is 1.